The highest BCUT2D eigenvalue weighted by molar-refractivity contribution is 9.10. The summed E-state index contributed by atoms with van der Waals surface area (Å²) in [5.41, 5.74) is 1.70. The Morgan fingerprint density at radius 3 is 2.59 bits per heavy atom. The van der Waals surface area contributed by atoms with E-state index in [1.165, 1.54) is 11.8 Å². The minimum absolute atomic E-state index is 0.147. The van der Waals surface area contributed by atoms with Gasteiger partial charge in [0.05, 0.1) is 10.6 Å². The molecule has 1 fully saturated rings. The predicted octanol–water partition coefficient (Wildman–Crippen LogP) is 4.99. The number of benzene rings is 2. The molecule has 1 saturated heterocycles. The van der Waals surface area contributed by atoms with Gasteiger partial charge in [0.15, 0.2) is 5.17 Å². The lowest BCUT2D eigenvalue weighted by atomic mass is 10.2. The number of carbonyl (C=O) groups excluding carboxylic acids is 1. The highest BCUT2D eigenvalue weighted by Crippen LogP contribution is 2.30. The Kier molecular flexibility index (Phi) is 4.66. The lowest BCUT2D eigenvalue weighted by Crippen LogP contribution is -2.19. The van der Waals surface area contributed by atoms with Gasteiger partial charge in [0.25, 0.3) is 5.91 Å². The second-order valence-corrected chi connectivity index (χ2v) is 6.81. The molecule has 0 aromatic heterocycles. The van der Waals surface area contributed by atoms with Crippen LogP contribution in [0.5, 0.6) is 0 Å². The van der Waals surface area contributed by atoms with Gasteiger partial charge < -0.3 is 5.32 Å². The number of aliphatic imine (C=N–C) groups is 1. The summed E-state index contributed by atoms with van der Waals surface area (Å²) >= 11 is 10.6. The van der Waals surface area contributed by atoms with E-state index in [1.54, 1.807) is 12.1 Å². The third-order valence-electron chi connectivity index (χ3n) is 2.89. The van der Waals surface area contributed by atoms with Gasteiger partial charge in [-0.3, -0.25) is 4.79 Å². The molecule has 1 N–H and O–H groups in total. The maximum absolute atomic E-state index is 12.0. The van der Waals surface area contributed by atoms with Gasteiger partial charge in [-0.1, -0.05) is 35.9 Å². The number of rotatable bonds is 2. The van der Waals surface area contributed by atoms with Crippen LogP contribution in [0.3, 0.4) is 0 Å². The lowest BCUT2D eigenvalue weighted by molar-refractivity contribution is -0.115. The van der Waals surface area contributed by atoms with Gasteiger partial charge in [-0.05, 0) is 63.6 Å². The van der Waals surface area contributed by atoms with E-state index in [9.17, 15) is 4.79 Å². The smallest absolute Gasteiger partial charge is 0.264 e. The monoisotopic (exact) mass is 392 g/mol. The molecule has 1 amide bonds. The zero-order valence-electron chi connectivity index (χ0n) is 11.2. The summed E-state index contributed by atoms with van der Waals surface area (Å²) in [5.74, 6) is -0.147. The van der Waals surface area contributed by atoms with E-state index in [2.05, 4.69) is 26.2 Å². The summed E-state index contributed by atoms with van der Waals surface area (Å²) in [6, 6.07) is 14.9. The summed E-state index contributed by atoms with van der Waals surface area (Å²) in [5, 5.41) is 4.01. The van der Waals surface area contributed by atoms with Crippen LogP contribution in [0.2, 0.25) is 5.02 Å². The normalized spacial score (nSPS) is 18.0. The van der Waals surface area contributed by atoms with Crippen molar-refractivity contribution in [3.05, 3.63) is 68.5 Å². The highest BCUT2D eigenvalue weighted by Gasteiger charge is 2.23. The van der Waals surface area contributed by atoms with Gasteiger partial charge in [-0.25, -0.2) is 4.99 Å². The number of hydrogen-bond acceptors (Lipinski definition) is 3. The molecule has 1 aliphatic heterocycles. The molecule has 1 aliphatic rings. The van der Waals surface area contributed by atoms with Crippen molar-refractivity contribution in [3.8, 4) is 0 Å². The molecule has 22 heavy (non-hydrogen) atoms. The topological polar surface area (TPSA) is 41.5 Å². The molecule has 1 heterocycles. The van der Waals surface area contributed by atoms with Crippen LogP contribution in [-0.2, 0) is 4.79 Å². The molecule has 3 rings (SSSR count). The standard InChI is InChI=1S/C16H10BrClN2OS/c17-12-3-1-2-4-13(12)19-16-20-15(21)14(22-16)9-10-5-7-11(18)8-6-10/h1-9H,(H,19,20,21)/b14-9-. The second-order valence-electron chi connectivity index (χ2n) is 4.48. The Labute approximate surface area is 145 Å². The van der Waals surface area contributed by atoms with E-state index in [0.717, 1.165) is 15.7 Å². The molecule has 0 spiro atoms. The van der Waals surface area contributed by atoms with Crippen LogP contribution < -0.4 is 5.32 Å². The number of amides is 1. The van der Waals surface area contributed by atoms with Crippen LogP contribution in [0.25, 0.3) is 6.08 Å². The fourth-order valence-electron chi connectivity index (χ4n) is 1.84. The molecule has 110 valence electrons. The van der Waals surface area contributed by atoms with Crippen LogP contribution in [0.15, 0.2) is 62.9 Å². The Balaban J connectivity index is 1.84. The van der Waals surface area contributed by atoms with Gasteiger partial charge >= 0.3 is 0 Å². The van der Waals surface area contributed by atoms with Gasteiger partial charge in [0.2, 0.25) is 0 Å². The van der Waals surface area contributed by atoms with Crippen LogP contribution in [0, 0.1) is 0 Å². The number of nitrogens with one attached hydrogen (secondary N) is 1. The van der Waals surface area contributed by atoms with E-state index in [0.29, 0.717) is 15.1 Å². The summed E-state index contributed by atoms with van der Waals surface area (Å²) < 4.78 is 0.882. The van der Waals surface area contributed by atoms with Crippen molar-refractivity contribution in [2.45, 2.75) is 0 Å². The molecule has 0 aliphatic carbocycles. The first kappa shape index (κ1) is 15.3. The van der Waals surface area contributed by atoms with Crippen molar-refractivity contribution >= 4 is 62.1 Å². The first-order chi connectivity index (χ1) is 10.6. The molecule has 6 heteroatoms. The Morgan fingerprint density at radius 2 is 1.86 bits per heavy atom. The number of carbonyl (C=O) groups is 1. The zero-order valence-corrected chi connectivity index (χ0v) is 14.4. The average molecular weight is 394 g/mol. The quantitative estimate of drug-likeness (QED) is 0.730. The number of halogens is 2. The molecular formula is C16H10BrClN2OS. The van der Waals surface area contributed by atoms with Crippen molar-refractivity contribution in [2.24, 2.45) is 4.99 Å². The molecular weight excluding hydrogens is 384 g/mol. The van der Waals surface area contributed by atoms with Gasteiger partial charge in [-0.2, -0.15) is 0 Å². The SMILES string of the molecule is O=C1NC(=Nc2ccccc2Br)S/C1=C\c1ccc(Cl)cc1. The maximum atomic E-state index is 12.0. The highest BCUT2D eigenvalue weighted by atomic mass is 79.9. The summed E-state index contributed by atoms with van der Waals surface area (Å²) in [4.78, 5) is 17.1. The minimum Gasteiger partial charge on any atom is -0.300 e. The molecule has 2 aromatic carbocycles. The van der Waals surface area contributed by atoms with E-state index < -0.39 is 0 Å². The van der Waals surface area contributed by atoms with E-state index >= 15 is 0 Å². The summed E-state index contributed by atoms with van der Waals surface area (Å²) in [6.07, 6.45) is 1.82. The number of nitrogens with zero attached hydrogens (tertiary/aromatic N) is 1. The van der Waals surface area contributed by atoms with Crippen molar-refractivity contribution in [3.63, 3.8) is 0 Å². The Bertz CT molecular complexity index is 787. The minimum atomic E-state index is -0.147. The van der Waals surface area contributed by atoms with E-state index in [1.807, 2.05) is 42.5 Å². The fraction of sp³-hybridized carbons (Fsp3) is 0. The van der Waals surface area contributed by atoms with Crippen molar-refractivity contribution in [1.29, 1.82) is 0 Å². The van der Waals surface area contributed by atoms with E-state index in [-0.39, 0.29) is 5.91 Å². The first-order valence-electron chi connectivity index (χ1n) is 6.41. The number of hydrogen-bond donors (Lipinski definition) is 1. The van der Waals surface area contributed by atoms with Gasteiger partial charge in [0, 0.05) is 9.50 Å². The van der Waals surface area contributed by atoms with Gasteiger partial charge in [0.1, 0.15) is 0 Å². The Hall–Kier alpha value is -1.56. The molecule has 0 unspecified atom stereocenters. The third kappa shape index (κ3) is 3.61. The number of thioether (sulfide) groups is 1. The largest absolute Gasteiger partial charge is 0.300 e. The zero-order chi connectivity index (χ0) is 15.5. The van der Waals surface area contributed by atoms with Crippen LogP contribution in [0.1, 0.15) is 5.56 Å². The van der Waals surface area contributed by atoms with E-state index in [4.69, 9.17) is 11.6 Å². The number of amidine groups is 1. The van der Waals surface area contributed by atoms with Crippen LogP contribution >= 0.6 is 39.3 Å². The third-order valence-corrected chi connectivity index (χ3v) is 4.73. The summed E-state index contributed by atoms with van der Waals surface area (Å²) in [7, 11) is 0. The maximum Gasteiger partial charge on any atom is 0.264 e. The molecule has 2 aromatic rings. The molecule has 0 atom stereocenters. The van der Waals surface area contributed by atoms with Crippen molar-refractivity contribution in [1.82, 2.24) is 5.32 Å². The predicted molar refractivity (Wildman–Crippen MR) is 96.4 cm³/mol. The lowest BCUT2D eigenvalue weighted by Gasteiger charge is -1.98. The van der Waals surface area contributed by atoms with Crippen LogP contribution in [-0.4, -0.2) is 11.1 Å². The molecule has 3 nitrogen and oxygen atoms in total. The summed E-state index contributed by atoms with van der Waals surface area (Å²) in [6.45, 7) is 0. The number of para-hydroxylation sites is 1. The second kappa shape index (κ2) is 6.69. The molecule has 0 radical (unpaired) electrons. The fourth-order valence-corrected chi connectivity index (χ4v) is 3.18. The average Bonchev–Trinajstić information content (AvgIpc) is 2.84. The van der Waals surface area contributed by atoms with Crippen LogP contribution in [0.4, 0.5) is 5.69 Å². The Morgan fingerprint density at radius 1 is 1.14 bits per heavy atom. The van der Waals surface area contributed by atoms with Crippen molar-refractivity contribution < 1.29 is 4.79 Å². The first-order valence-corrected chi connectivity index (χ1v) is 8.40. The molecule has 0 saturated carbocycles. The van der Waals surface area contributed by atoms with Crippen molar-refractivity contribution in [2.75, 3.05) is 0 Å². The van der Waals surface area contributed by atoms with Gasteiger partial charge in [-0.15, -0.1) is 0 Å². The molecule has 0 bridgehead atoms.